The molecule has 0 bridgehead atoms. The first-order valence-corrected chi connectivity index (χ1v) is 9.13. The molecule has 6 heteroatoms. The molecule has 0 unspecified atom stereocenters. The normalized spacial score (nSPS) is 22.5. The second-order valence-electron chi connectivity index (χ2n) is 6.18. The minimum absolute atomic E-state index is 0.140. The molecule has 2 aromatic rings. The predicted octanol–water partition coefficient (Wildman–Crippen LogP) is 3.59. The maximum absolute atomic E-state index is 13.0. The van der Waals surface area contributed by atoms with Crippen molar-refractivity contribution < 1.29 is 14.3 Å². The number of hydrogen-bond acceptors (Lipinski definition) is 4. The van der Waals surface area contributed by atoms with Crippen LogP contribution in [0.4, 0.5) is 10.5 Å². The van der Waals surface area contributed by atoms with Crippen molar-refractivity contribution in [3.63, 3.8) is 0 Å². The molecule has 0 aromatic heterocycles. The third-order valence-electron chi connectivity index (χ3n) is 4.58. The van der Waals surface area contributed by atoms with Crippen LogP contribution in [0.1, 0.15) is 16.5 Å². The summed E-state index contributed by atoms with van der Waals surface area (Å²) in [6.45, 7) is 1.95. The van der Waals surface area contributed by atoms with Crippen LogP contribution in [0.5, 0.6) is 5.75 Å². The highest BCUT2D eigenvalue weighted by Crippen LogP contribution is 2.46. The third-order valence-corrected chi connectivity index (χ3v) is 5.90. The Kier molecular flexibility index (Phi) is 3.92. The Morgan fingerprint density at radius 3 is 2.56 bits per heavy atom. The van der Waals surface area contributed by atoms with Gasteiger partial charge in [0.2, 0.25) is 0 Å². The molecule has 0 radical (unpaired) electrons. The lowest BCUT2D eigenvalue weighted by Crippen LogP contribution is -2.33. The number of imide groups is 1. The Bertz CT molecular complexity index is 837. The lowest BCUT2D eigenvalue weighted by Gasteiger charge is -2.23. The number of amides is 3. The maximum Gasteiger partial charge on any atom is 0.333 e. The minimum atomic E-state index is -0.398. The minimum Gasteiger partial charge on any atom is -0.497 e. The molecule has 2 fully saturated rings. The lowest BCUT2D eigenvalue weighted by atomic mass is 10.2. The summed E-state index contributed by atoms with van der Waals surface area (Å²) in [7, 11) is 1.62. The number of anilines is 1. The van der Waals surface area contributed by atoms with Gasteiger partial charge in [-0.25, -0.2) is 9.69 Å². The van der Waals surface area contributed by atoms with E-state index in [2.05, 4.69) is 0 Å². The number of methoxy groups -OCH3 is 1. The molecule has 3 amide bonds. The number of rotatable bonds is 3. The van der Waals surface area contributed by atoms with Gasteiger partial charge in [0.25, 0.3) is 5.91 Å². The fraction of sp³-hybridized carbons (Fsp3) is 0.263. The summed E-state index contributed by atoms with van der Waals surface area (Å²) in [5, 5.41) is -0.151. The van der Waals surface area contributed by atoms with Crippen molar-refractivity contribution in [2.45, 2.75) is 18.3 Å². The number of ether oxygens (including phenoxy) is 1. The monoisotopic (exact) mass is 354 g/mol. The zero-order valence-corrected chi connectivity index (χ0v) is 14.8. The molecular formula is C19H18N2O3S. The number of thioether (sulfide) groups is 1. The second-order valence-corrected chi connectivity index (χ2v) is 7.29. The molecule has 2 saturated heterocycles. The molecule has 0 N–H and O–H groups in total. The van der Waals surface area contributed by atoms with Crippen molar-refractivity contribution in [1.29, 1.82) is 0 Å². The quantitative estimate of drug-likeness (QED) is 0.791. The van der Waals surface area contributed by atoms with E-state index in [0.29, 0.717) is 11.4 Å². The molecule has 0 aliphatic carbocycles. The van der Waals surface area contributed by atoms with Crippen LogP contribution in [0.3, 0.4) is 0 Å². The van der Waals surface area contributed by atoms with Crippen LogP contribution >= 0.6 is 11.8 Å². The first-order valence-electron chi connectivity index (χ1n) is 8.08. The topological polar surface area (TPSA) is 49.9 Å². The number of carbonyl (C=O) groups is 2. The van der Waals surface area contributed by atoms with Crippen molar-refractivity contribution in [3.8, 4) is 5.75 Å². The third kappa shape index (κ3) is 2.57. The van der Waals surface area contributed by atoms with Gasteiger partial charge in [0.1, 0.15) is 17.2 Å². The van der Waals surface area contributed by atoms with E-state index in [1.165, 1.54) is 4.90 Å². The summed E-state index contributed by atoms with van der Waals surface area (Å²) >= 11 is 1.63. The van der Waals surface area contributed by atoms with Crippen molar-refractivity contribution in [2.75, 3.05) is 17.8 Å². The SMILES string of the molecule is COc1ccc([C@@H]2SC[C@H]3C(=O)N(c4cccc(C)c4)C(=O)N32)cc1. The first kappa shape index (κ1) is 16.0. The smallest absolute Gasteiger partial charge is 0.333 e. The molecule has 0 saturated carbocycles. The fourth-order valence-electron chi connectivity index (χ4n) is 3.32. The number of urea groups is 1. The summed E-state index contributed by atoms with van der Waals surface area (Å²) in [6, 6.07) is 14.5. The summed E-state index contributed by atoms with van der Waals surface area (Å²) in [4.78, 5) is 28.8. The number of nitrogens with zero attached hydrogens (tertiary/aromatic N) is 2. The molecule has 2 heterocycles. The van der Waals surface area contributed by atoms with E-state index in [-0.39, 0.29) is 17.3 Å². The van der Waals surface area contributed by atoms with E-state index in [0.717, 1.165) is 16.9 Å². The standard InChI is InChI=1S/C19H18N2O3S/c1-12-4-3-5-14(10-12)20-17(22)16-11-25-18(21(16)19(20)23)13-6-8-15(24-2)9-7-13/h3-10,16,18H,11H2,1-2H3/t16-,18-/m0/s1. The van der Waals surface area contributed by atoms with E-state index < -0.39 is 6.04 Å². The molecule has 0 spiro atoms. The molecule has 2 aliphatic heterocycles. The molecular weight excluding hydrogens is 336 g/mol. The molecule has 2 aliphatic rings. The van der Waals surface area contributed by atoms with E-state index in [9.17, 15) is 9.59 Å². The molecule has 25 heavy (non-hydrogen) atoms. The average molecular weight is 354 g/mol. The van der Waals surface area contributed by atoms with E-state index in [4.69, 9.17) is 4.74 Å². The van der Waals surface area contributed by atoms with Gasteiger partial charge in [-0.3, -0.25) is 9.69 Å². The zero-order chi connectivity index (χ0) is 17.6. The highest BCUT2D eigenvalue weighted by Gasteiger charge is 2.53. The van der Waals surface area contributed by atoms with Gasteiger partial charge in [-0.15, -0.1) is 11.8 Å². The number of benzene rings is 2. The summed E-state index contributed by atoms with van der Waals surface area (Å²) < 4.78 is 5.19. The van der Waals surface area contributed by atoms with Crippen molar-refractivity contribution in [1.82, 2.24) is 4.90 Å². The van der Waals surface area contributed by atoms with Crippen molar-refractivity contribution >= 4 is 29.4 Å². The Balaban J connectivity index is 1.66. The molecule has 2 aromatic carbocycles. The Hall–Kier alpha value is -2.47. The highest BCUT2D eigenvalue weighted by molar-refractivity contribution is 7.99. The summed E-state index contributed by atoms with van der Waals surface area (Å²) in [6.07, 6.45) is 0. The van der Waals surface area contributed by atoms with Crippen LogP contribution in [-0.4, -0.2) is 35.7 Å². The summed E-state index contributed by atoms with van der Waals surface area (Å²) in [5.74, 6) is 1.25. The zero-order valence-electron chi connectivity index (χ0n) is 14.0. The summed E-state index contributed by atoms with van der Waals surface area (Å²) in [5.41, 5.74) is 2.66. The van der Waals surface area contributed by atoms with Gasteiger partial charge >= 0.3 is 6.03 Å². The van der Waals surface area contributed by atoms with E-state index in [1.54, 1.807) is 29.8 Å². The van der Waals surface area contributed by atoms with Crippen LogP contribution in [-0.2, 0) is 4.79 Å². The van der Waals surface area contributed by atoms with Crippen LogP contribution < -0.4 is 9.64 Å². The van der Waals surface area contributed by atoms with Crippen molar-refractivity contribution in [3.05, 3.63) is 59.7 Å². The van der Waals surface area contributed by atoms with E-state index in [1.807, 2.05) is 49.4 Å². The molecule has 4 rings (SSSR count). The average Bonchev–Trinajstić information content (AvgIpc) is 3.16. The van der Waals surface area contributed by atoms with Crippen LogP contribution in [0.25, 0.3) is 0 Å². The van der Waals surface area contributed by atoms with Gasteiger partial charge in [-0.2, -0.15) is 0 Å². The van der Waals surface area contributed by atoms with Gasteiger partial charge in [-0.1, -0.05) is 24.3 Å². The predicted molar refractivity (Wildman–Crippen MR) is 97.9 cm³/mol. The maximum atomic E-state index is 13.0. The molecule has 5 nitrogen and oxygen atoms in total. The van der Waals surface area contributed by atoms with Crippen LogP contribution in [0.15, 0.2) is 48.5 Å². The largest absolute Gasteiger partial charge is 0.497 e. The second kappa shape index (κ2) is 6.11. The molecule has 128 valence electrons. The highest BCUT2D eigenvalue weighted by atomic mass is 32.2. The Labute approximate surface area is 150 Å². The molecule has 2 atom stereocenters. The van der Waals surface area contributed by atoms with Gasteiger partial charge in [0.15, 0.2) is 0 Å². The fourth-order valence-corrected chi connectivity index (χ4v) is 4.73. The first-order chi connectivity index (χ1) is 12.1. The number of fused-ring (bicyclic) bond motifs is 1. The Morgan fingerprint density at radius 2 is 1.88 bits per heavy atom. The van der Waals surface area contributed by atoms with Crippen LogP contribution in [0.2, 0.25) is 0 Å². The van der Waals surface area contributed by atoms with Crippen LogP contribution in [0, 0.1) is 6.92 Å². The van der Waals surface area contributed by atoms with E-state index >= 15 is 0 Å². The number of aryl methyl sites for hydroxylation is 1. The number of hydrogen-bond donors (Lipinski definition) is 0. The Morgan fingerprint density at radius 1 is 1.12 bits per heavy atom. The van der Waals surface area contributed by atoms with Gasteiger partial charge < -0.3 is 4.74 Å². The van der Waals surface area contributed by atoms with Crippen molar-refractivity contribution in [2.24, 2.45) is 0 Å². The van der Waals surface area contributed by atoms with Gasteiger partial charge in [-0.05, 0) is 42.3 Å². The number of carbonyl (C=O) groups excluding carboxylic acids is 2. The van der Waals surface area contributed by atoms with Gasteiger partial charge in [0, 0.05) is 5.75 Å². The lowest BCUT2D eigenvalue weighted by molar-refractivity contribution is -0.119. The van der Waals surface area contributed by atoms with Gasteiger partial charge in [0.05, 0.1) is 12.8 Å².